The van der Waals surface area contributed by atoms with Crippen molar-refractivity contribution in [1.82, 2.24) is 4.90 Å². The van der Waals surface area contributed by atoms with Gasteiger partial charge < -0.3 is 9.84 Å². The number of nitrogens with zero attached hydrogens (tertiary/aromatic N) is 1. The normalized spacial score (nSPS) is 30.6. The zero-order valence-corrected chi connectivity index (χ0v) is 16.8. The lowest BCUT2D eigenvalue weighted by atomic mass is 9.78. The summed E-state index contributed by atoms with van der Waals surface area (Å²) < 4.78 is 5.44. The van der Waals surface area contributed by atoms with Gasteiger partial charge in [0.1, 0.15) is 0 Å². The van der Waals surface area contributed by atoms with Gasteiger partial charge in [-0.05, 0) is 62.5 Å². The lowest BCUT2D eigenvalue weighted by Gasteiger charge is -2.36. The van der Waals surface area contributed by atoms with Crippen molar-refractivity contribution < 1.29 is 9.84 Å². The van der Waals surface area contributed by atoms with Crippen LogP contribution in [0.1, 0.15) is 75.3 Å². The summed E-state index contributed by atoms with van der Waals surface area (Å²) in [6, 6.07) is 9.50. The second kappa shape index (κ2) is 8.46. The minimum Gasteiger partial charge on any atom is -0.385 e. The fraction of sp³-hybridized carbons (Fsp3) is 0.667. The first-order valence-corrected chi connectivity index (χ1v) is 11.0. The van der Waals surface area contributed by atoms with Crippen molar-refractivity contribution in [3.8, 4) is 0 Å². The molecule has 4 rings (SSSR count). The Hall–Kier alpha value is -1.16. The molecule has 1 N–H and O–H groups in total. The molecule has 1 aromatic carbocycles. The maximum Gasteiger partial charge on any atom is 0.0898 e. The standard InChI is InChI=1S/C24H35NO2/c1-27-23-10-14-24(26,15-11-23)21-8-6-19(7-9-21)18-20-12-16-25(17-13-20)22-4-2-3-5-22/h6-9,18,22-23,26H,2-5,10-17H2,1H3. The van der Waals surface area contributed by atoms with E-state index in [1.54, 1.807) is 12.7 Å². The number of methoxy groups -OCH3 is 1. The van der Waals surface area contributed by atoms with Crippen molar-refractivity contribution in [1.29, 1.82) is 0 Å². The third kappa shape index (κ3) is 4.47. The van der Waals surface area contributed by atoms with Gasteiger partial charge in [-0.3, -0.25) is 4.90 Å². The third-order valence-electron chi connectivity index (χ3n) is 7.19. The van der Waals surface area contributed by atoms with E-state index in [-0.39, 0.29) is 0 Å². The molecule has 3 aliphatic rings. The largest absolute Gasteiger partial charge is 0.385 e. The zero-order valence-electron chi connectivity index (χ0n) is 16.8. The first-order chi connectivity index (χ1) is 13.2. The molecular weight excluding hydrogens is 334 g/mol. The molecule has 0 aromatic heterocycles. The Morgan fingerprint density at radius 3 is 2.22 bits per heavy atom. The van der Waals surface area contributed by atoms with Crippen molar-refractivity contribution in [3.63, 3.8) is 0 Å². The number of likely N-dealkylation sites (tertiary alicyclic amines) is 1. The number of hydrogen-bond donors (Lipinski definition) is 1. The van der Waals surface area contributed by atoms with Gasteiger partial charge in [-0.25, -0.2) is 0 Å². The van der Waals surface area contributed by atoms with Gasteiger partial charge in [0, 0.05) is 26.2 Å². The molecule has 1 saturated heterocycles. The van der Waals surface area contributed by atoms with E-state index in [4.69, 9.17) is 4.74 Å². The summed E-state index contributed by atoms with van der Waals surface area (Å²) in [6.45, 7) is 2.46. The number of benzene rings is 1. The quantitative estimate of drug-likeness (QED) is 0.820. The van der Waals surface area contributed by atoms with E-state index in [1.807, 2.05) is 0 Å². The van der Waals surface area contributed by atoms with Crippen molar-refractivity contribution in [2.45, 2.75) is 82.0 Å². The summed E-state index contributed by atoms with van der Waals surface area (Å²) in [5.41, 5.74) is 3.25. The van der Waals surface area contributed by atoms with Crippen molar-refractivity contribution in [2.75, 3.05) is 20.2 Å². The van der Waals surface area contributed by atoms with Crippen LogP contribution in [0.5, 0.6) is 0 Å². The van der Waals surface area contributed by atoms with Gasteiger partial charge in [0.15, 0.2) is 0 Å². The fourth-order valence-corrected chi connectivity index (χ4v) is 5.31. The molecule has 3 heteroatoms. The van der Waals surface area contributed by atoms with Crippen molar-refractivity contribution in [3.05, 3.63) is 41.0 Å². The van der Waals surface area contributed by atoms with Crippen LogP contribution in [0.2, 0.25) is 0 Å². The minimum absolute atomic E-state index is 0.310. The van der Waals surface area contributed by atoms with Gasteiger partial charge in [0.05, 0.1) is 11.7 Å². The van der Waals surface area contributed by atoms with Gasteiger partial charge in [-0.15, -0.1) is 0 Å². The van der Waals surface area contributed by atoms with Gasteiger partial charge in [0.25, 0.3) is 0 Å². The highest BCUT2D eigenvalue weighted by atomic mass is 16.5. The molecular formula is C24H35NO2. The van der Waals surface area contributed by atoms with Crippen LogP contribution in [-0.4, -0.2) is 42.4 Å². The Kier molecular flexibility index (Phi) is 6.01. The lowest BCUT2D eigenvalue weighted by molar-refractivity contribution is -0.0474. The Balaban J connectivity index is 1.35. The first-order valence-electron chi connectivity index (χ1n) is 11.0. The van der Waals surface area contributed by atoms with Gasteiger partial charge in [-0.2, -0.15) is 0 Å². The molecule has 1 aromatic rings. The lowest BCUT2D eigenvalue weighted by Crippen LogP contribution is -2.38. The third-order valence-corrected chi connectivity index (χ3v) is 7.19. The summed E-state index contributed by atoms with van der Waals surface area (Å²) >= 11 is 0. The van der Waals surface area contributed by atoms with E-state index < -0.39 is 5.60 Å². The first kappa shape index (κ1) is 19.2. The number of aliphatic hydroxyl groups is 1. The SMILES string of the molecule is COC1CCC(O)(c2ccc(C=C3CCN(C4CCCC4)CC3)cc2)CC1. The summed E-state index contributed by atoms with van der Waals surface area (Å²) in [6.07, 6.45) is 14.2. The van der Waals surface area contributed by atoms with Crippen LogP contribution in [0, 0.1) is 0 Å². The highest BCUT2D eigenvalue weighted by molar-refractivity contribution is 5.54. The smallest absolute Gasteiger partial charge is 0.0898 e. The number of rotatable bonds is 4. The average molecular weight is 370 g/mol. The van der Waals surface area contributed by atoms with Crippen molar-refractivity contribution >= 4 is 6.08 Å². The predicted octanol–water partition coefficient (Wildman–Crippen LogP) is 4.89. The second-order valence-electron chi connectivity index (χ2n) is 8.87. The molecule has 2 saturated carbocycles. The van der Waals surface area contributed by atoms with E-state index in [0.29, 0.717) is 6.10 Å². The monoisotopic (exact) mass is 369 g/mol. The molecule has 3 nitrogen and oxygen atoms in total. The highest BCUT2D eigenvalue weighted by Gasteiger charge is 2.34. The Labute approximate surface area is 164 Å². The van der Waals surface area contributed by atoms with Crippen molar-refractivity contribution in [2.24, 2.45) is 0 Å². The molecule has 0 spiro atoms. The molecule has 0 amide bonds. The Morgan fingerprint density at radius 1 is 1.00 bits per heavy atom. The average Bonchev–Trinajstić information content (AvgIpc) is 3.25. The van der Waals surface area contributed by atoms with Crippen LogP contribution in [0.4, 0.5) is 0 Å². The van der Waals surface area contributed by atoms with Crippen LogP contribution >= 0.6 is 0 Å². The molecule has 1 aliphatic heterocycles. The van der Waals surface area contributed by atoms with Crippen LogP contribution in [0.3, 0.4) is 0 Å². The van der Waals surface area contributed by atoms with E-state index in [1.165, 1.54) is 57.2 Å². The van der Waals surface area contributed by atoms with Crippen LogP contribution in [-0.2, 0) is 10.3 Å². The molecule has 0 bridgehead atoms. The van der Waals surface area contributed by atoms with Crippen LogP contribution in [0.15, 0.2) is 29.8 Å². The van der Waals surface area contributed by atoms with E-state index in [0.717, 1.165) is 37.3 Å². The fourth-order valence-electron chi connectivity index (χ4n) is 5.31. The molecule has 2 aliphatic carbocycles. The van der Waals surface area contributed by atoms with E-state index in [2.05, 4.69) is 35.2 Å². The molecule has 1 heterocycles. The molecule has 0 unspecified atom stereocenters. The summed E-state index contributed by atoms with van der Waals surface area (Å²) in [5.74, 6) is 0. The van der Waals surface area contributed by atoms with Gasteiger partial charge >= 0.3 is 0 Å². The van der Waals surface area contributed by atoms with Gasteiger partial charge in [0.2, 0.25) is 0 Å². The topological polar surface area (TPSA) is 32.7 Å². The van der Waals surface area contributed by atoms with Crippen LogP contribution < -0.4 is 0 Å². The molecule has 0 radical (unpaired) electrons. The predicted molar refractivity (Wildman–Crippen MR) is 111 cm³/mol. The maximum atomic E-state index is 11.0. The Morgan fingerprint density at radius 2 is 1.63 bits per heavy atom. The molecule has 0 atom stereocenters. The van der Waals surface area contributed by atoms with E-state index in [9.17, 15) is 5.11 Å². The van der Waals surface area contributed by atoms with Crippen LogP contribution in [0.25, 0.3) is 6.08 Å². The zero-order chi connectivity index (χ0) is 18.7. The molecule has 3 fully saturated rings. The minimum atomic E-state index is -0.673. The summed E-state index contributed by atoms with van der Waals surface area (Å²) in [7, 11) is 1.77. The molecule has 27 heavy (non-hydrogen) atoms. The number of ether oxygens (including phenoxy) is 1. The number of hydrogen-bond acceptors (Lipinski definition) is 3. The molecule has 148 valence electrons. The highest BCUT2D eigenvalue weighted by Crippen LogP contribution is 2.38. The summed E-state index contributed by atoms with van der Waals surface area (Å²) in [4.78, 5) is 2.72. The maximum absolute atomic E-state index is 11.0. The Bertz CT molecular complexity index is 627. The second-order valence-corrected chi connectivity index (χ2v) is 8.87. The number of piperidine rings is 1. The van der Waals surface area contributed by atoms with E-state index >= 15 is 0 Å². The summed E-state index contributed by atoms with van der Waals surface area (Å²) in [5, 5.41) is 11.0. The van der Waals surface area contributed by atoms with Gasteiger partial charge in [-0.1, -0.05) is 48.8 Å².